The van der Waals surface area contributed by atoms with E-state index in [1.54, 1.807) is 6.33 Å². The van der Waals surface area contributed by atoms with Gasteiger partial charge in [-0.25, -0.2) is 9.97 Å². The summed E-state index contributed by atoms with van der Waals surface area (Å²) in [5.41, 5.74) is 2.66. The number of hydrogen-bond acceptors (Lipinski definition) is 4. The fraction of sp³-hybridized carbons (Fsp3) is 0.750. The standard InChI is InChI=1S/C16H26N4/c1-2-6-14-15(7-3-1)19-12-20-16(14)18-10-8-13-5-4-9-17-11-13/h12-13,17H,1-11H2,(H,18,19,20). The van der Waals surface area contributed by atoms with E-state index in [9.17, 15) is 0 Å². The molecule has 1 aromatic rings. The molecule has 1 atom stereocenters. The third-order valence-electron chi connectivity index (χ3n) is 4.62. The van der Waals surface area contributed by atoms with Gasteiger partial charge in [0.15, 0.2) is 0 Å². The number of aryl methyl sites for hydroxylation is 1. The Morgan fingerprint density at radius 2 is 2.10 bits per heavy atom. The first-order chi connectivity index (χ1) is 9.93. The van der Waals surface area contributed by atoms with Crippen LogP contribution >= 0.6 is 0 Å². The second-order valence-electron chi connectivity index (χ2n) is 6.14. The van der Waals surface area contributed by atoms with Crippen LogP contribution in [0.5, 0.6) is 0 Å². The van der Waals surface area contributed by atoms with Crippen molar-refractivity contribution in [3.8, 4) is 0 Å². The zero-order valence-electron chi connectivity index (χ0n) is 12.3. The predicted octanol–water partition coefficient (Wildman–Crippen LogP) is 2.55. The zero-order valence-corrected chi connectivity index (χ0v) is 12.3. The van der Waals surface area contributed by atoms with Crippen molar-refractivity contribution < 1.29 is 0 Å². The van der Waals surface area contributed by atoms with Gasteiger partial charge < -0.3 is 10.6 Å². The molecule has 0 bridgehead atoms. The normalized spacial score (nSPS) is 22.9. The highest BCUT2D eigenvalue weighted by Crippen LogP contribution is 2.24. The van der Waals surface area contributed by atoms with E-state index in [2.05, 4.69) is 20.6 Å². The van der Waals surface area contributed by atoms with Crippen LogP contribution in [-0.4, -0.2) is 29.6 Å². The number of rotatable bonds is 4. The highest BCUT2D eigenvalue weighted by Gasteiger charge is 2.15. The van der Waals surface area contributed by atoms with Crippen molar-refractivity contribution in [1.82, 2.24) is 15.3 Å². The molecule has 0 aromatic carbocycles. The van der Waals surface area contributed by atoms with Crippen LogP contribution < -0.4 is 10.6 Å². The summed E-state index contributed by atoms with van der Waals surface area (Å²) in [7, 11) is 0. The molecule has 2 aliphatic rings. The van der Waals surface area contributed by atoms with Crippen LogP contribution in [-0.2, 0) is 12.8 Å². The van der Waals surface area contributed by atoms with Crippen molar-refractivity contribution in [2.24, 2.45) is 5.92 Å². The van der Waals surface area contributed by atoms with Crippen LogP contribution in [0.4, 0.5) is 5.82 Å². The fourth-order valence-electron chi connectivity index (χ4n) is 3.42. The van der Waals surface area contributed by atoms with E-state index in [1.807, 2.05) is 0 Å². The van der Waals surface area contributed by atoms with Crippen LogP contribution in [0.1, 0.15) is 49.8 Å². The Morgan fingerprint density at radius 1 is 1.15 bits per heavy atom. The van der Waals surface area contributed by atoms with Crippen LogP contribution in [0.15, 0.2) is 6.33 Å². The molecule has 1 aromatic heterocycles. The van der Waals surface area contributed by atoms with Gasteiger partial charge in [-0.15, -0.1) is 0 Å². The Bertz CT molecular complexity index is 426. The molecule has 0 radical (unpaired) electrons. The van der Waals surface area contributed by atoms with Gasteiger partial charge in [0.25, 0.3) is 0 Å². The second kappa shape index (κ2) is 7.02. The Balaban J connectivity index is 1.57. The molecule has 110 valence electrons. The molecule has 1 fully saturated rings. The molecule has 0 amide bonds. The van der Waals surface area contributed by atoms with E-state index in [4.69, 9.17) is 0 Å². The molecule has 1 aliphatic heterocycles. The van der Waals surface area contributed by atoms with Crippen molar-refractivity contribution >= 4 is 5.82 Å². The van der Waals surface area contributed by atoms with Crippen molar-refractivity contribution in [3.05, 3.63) is 17.6 Å². The lowest BCUT2D eigenvalue weighted by Crippen LogP contribution is -2.30. The third-order valence-corrected chi connectivity index (χ3v) is 4.62. The summed E-state index contributed by atoms with van der Waals surface area (Å²) in [5, 5.41) is 7.06. The van der Waals surface area contributed by atoms with E-state index in [0.717, 1.165) is 31.1 Å². The first-order valence-corrected chi connectivity index (χ1v) is 8.21. The molecule has 4 nitrogen and oxygen atoms in total. The molecular weight excluding hydrogens is 248 g/mol. The Morgan fingerprint density at radius 3 is 3.00 bits per heavy atom. The number of nitrogens with zero attached hydrogens (tertiary/aromatic N) is 2. The SMILES string of the molecule is c1nc2c(c(NCCC3CCCNC3)n1)CCCCC2. The molecule has 0 saturated carbocycles. The van der Waals surface area contributed by atoms with Crippen LogP contribution in [0.3, 0.4) is 0 Å². The molecule has 20 heavy (non-hydrogen) atoms. The summed E-state index contributed by atoms with van der Waals surface area (Å²) >= 11 is 0. The Kier molecular flexibility index (Phi) is 4.85. The fourth-order valence-corrected chi connectivity index (χ4v) is 3.42. The Labute approximate surface area is 121 Å². The average Bonchev–Trinajstić information content (AvgIpc) is 2.74. The molecule has 4 heteroatoms. The Hall–Kier alpha value is -1.16. The van der Waals surface area contributed by atoms with Gasteiger partial charge in [-0.1, -0.05) is 6.42 Å². The largest absolute Gasteiger partial charge is 0.370 e. The maximum Gasteiger partial charge on any atom is 0.132 e. The van der Waals surface area contributed by atoms with Gasteiger partial charge in [-0.3, -0.25) is 0 Å². The first kappa shape index (κ1) is 13.8. The second-order valence-corrected chi connectivity index (χ2v) is 6.14. The highest BCUT2D eigenvalue weighted by molar-refractivity contribution is 5.46. The van der Waals surface area contributed by atoms with Gasteiger partial charge in [0, 0.05) is 17.8 Å². The van der Waals surface area contributed by atoms with Gasteiger partial charge in [0.2, 0.25) is 0 Å². The zero-order chi connectivity index (χ0) is 13.6. The van der Waals surface area contributed by atoms with Crippen LogP contribution in [0, 0.1) is 5.92 Å². The first-order valence-electron chi connectivity index (χ1n) is 8.21. The van der Waals surface area contributed by atoms with Crippen LogP contribution in [0.2, 0.25) is 0 Å². The monoisotopic (exact) mass is 274 g/mol. The quantitative estimate of drug-likeness (QED) is 0.829. The lowest BCUT2D eigenvalue weighted by molar-refractivity contribution is 0.364. The minimum absolute atomic E-state index is 0.830. The maximum absolute atomic E-state index is 4.48. The lowest BCUT2D eigenvalue weighted by atomic mass is 9.96. The summed E-state index contributed by atoms with van der Waals surface area (Å²) in [6, 6.07) is 0. The van der Waals surface area contributed by atoms with Crippen molar-refractivity contribution in [2.75, 3.05) is 25.0 Å². The number of nitrogens with one attached hydrogen (secondary N) is 2. The average molecular weight is 274 g/mol. The van der Waals surface area contributed by atoms with E-state index >= 15 is 0 Å². The molecule has 2 heterocycles. The van der Waals surface area contributed by atoms with Crippen molar-refractivity contribution in [3.63, 3.8) is 0 Å². The molecule has 2 N–H and O–H groups in total. The molecule has 1 aliphatic carbocycles. The van der Waals surface area contributed by atoms with Crippen molar-refractivity contribution in [2.45, 2.75) is 51.4 Å². The number of aromatic nitrogens is 2. The molecule has 3 rings (SSSR count). The molecule has 1 unspecified atom stereocenters. The summed E-state index contributed by atoms with van der Waals surface area (Å²) in [6.45, 7) is 3.42. The van der Waals surface area contributed by atoms with E-state index in [1.165, 1.54) is 62.9 Å². The van der Waals surface area contributed by atoms with Gasteiger partial charge in [-0.2, -0.15) is 0 Å². The lowest BCUT2D eigenvalue weighted by Gasteiger charge is -2.23. The van der Waals surface area contributed by atoms with Gasteiger partial charge in [0.05, 0.1) is 0 Å². The predicted molar refractivity (Wildman–Crippen MR) is 82.0 cm³/mol. The summed E-state index contributed by atoms with van der Waals surface area (Å²) in [4.78, 5) is 8.96. The topological polar surface area (TPSA) is 49.8 Å². The third kappa shape index (κ3) is 3.48. The van der Waals surface area contributed by atoms with Gasteiger partial charge in [-0.05, 0) is 64.0 Å². The molecule has 1 saturated heterocycles. The van der Waals surface area contributed by atoms with E-state index in [0.29, 0.717) is 0 Å². The van der Waals surface area contributed by atoms with E-state index in [-0.39, 0.29) is 0 Å². The number of piperidine rings is 1. The number of anilines is 1. The molecule has 0 spiro atoms. The minimum Gasteiger partial charge on any atom is -0.370 e. The molecular formula is C16H26N4. The maximum atomic E-state index is 4.48. The van der Waals surface area contributed by atoms with E-state index < -0.39 is 0 Å². The number of hydrogen-bond donors (Lipinski definition) is 2. The minimum atomic E-state index is 0.830. The van der Waals surface area contributed by atoms with Crippen molar-refractivity contribution in [1.29, 1.82) is 0 Å². The summed E-state index contributed by atoms with van der Waals surface area (Å²) in [6.07, 6.45) is 11.8. The van der Waals surface area contributed by atoms with Crippen LogP contribution in [0.25, 0.3) is 0 Å². The number of fused-ring (bicyclic) bond motifs is 1. The van der Waals surface area contributed by atoms with Gasteiger partial charge in [0.1, 0.15) is 12.1 Å². The summed E-state index contributed by atoms with van der Waals surface area (Å²) in [5.74, 6) is 1.93. The smallest absolute Gasteiger partial charge is 0.132 e. The van der Waals surface area contributed by atoms with Gasteiger partial charge >= 0.3 is 0 Å². The summed E-state index contributed by atoms with van der Waals surface area (Å²) < 4.78 is 0. The highest BCUT2D eigenvalue weighted by atomic mass is 15.0.